The van der Waals surface area contributed by atoms with E-state index in [-0.39, 0.29) is 18.6 Å². The van der Waals surface area contributed by atoms with Crippen LogP contribution >= 0.6 is 0 Å². The van der Waals surface area contributed by atoms with Crippen LogP contribution in [0.25, 0.3) is 0 Å². The van der Waals surface area contributed by atoms with Gasteiger partial charge in [0.15, 0.2) is 0 Å². The average Bonchev–Trinajstić information content (AvgIpc) is 2.26. The first-order chi connectivity index (χ1) is 9.13. The minimum Gasteiger partial charge on any atom is -0.481 e. The molecule has 2 amide bonds. The van der Waals surface area contributed by atoms with E-state index in [9.17, 15) is 9.59 Å². The number of aliphatic carboxylic acids is 1. The number of urea groups is 1. The molecule has 0 spiro atoms. The van der Waals surface area contributed by atoms with Crippen LogP contribution < -0.4 is 5.32 Å². The molecule has 2 unspecified atom stereocenters. The Kier molecular flexibility index (Phi) is 8.22. The third-order valence-electron chi connectivity index (χ3n) is 2.99. The summed E-state index contributed by atoms with van der Waals surface area (Å²) >= 11 is 0. The molecule has 0 aromatic rings. The van der Waals surface area contributed by atoms with Crippen LogP contribution in [0.15, 0.2) is 0 Å². The molecule has 0 bridgehead atoms. The zero-order chi connectivity index (χ0) is 15.9. The molecular weight excluding hydrogens is 258 g/mol. The van der Waals surface area contributed by atoms with Gasteiger partial charge in [-0.15, -0.1) is 0 Å². The molecule has 0 radical (unpaired) electrons. The molecular formula is C14H29N3O3. The van der Waals surface area contributed by atoms with Crippen LogP contribution in [0.1, 0.15) is 27.2 Å². The average molecular weight is 287 g/mol. The normalized spacial score (nSPS) is 14.2. The smallest absolute Gasteiger partial charge is 0.317 e. The Labute approximate surface area is 122 Å². The van der Waals surface area contributed by atoms with Gasteiger partial charge in [-0.3, -0.25) is 4.79 Å². The second-order valence-corrected chi connectivity index (χ2v) is 6.16. The molecule has 20 heavy (non-hydrogen) atoms. The Hall–Kier alpha value is -1.30. The summed E-state index contributed by atoms with van der Waals surface area (Å²) in [5.41, 5.74) is 0. The van der Waals surface area contributed by atoms with Gasteiger partial charge in [-0.05, 0) is 26.4 Å². The van der Waals surface area contributed by atoms with Gasteiger partial charge in [0.25, 0.3) is 0 Å². The van der Waals surface area contributed by atoms with Crippen LogP contribution in [0, 0.1) is 11.8 Å². The summed E-state index contributed by atoms with van der Waals surface area (Å²) in [4.78, 5) is 26.4. The minimum atomic E-state index is -0.892. The summed E-state index contributed by atoms with van der Waals surface area (Å²) in [5.74, 6) is -0.969. The standard InChI is InChI=1S/C14H29N3O3/c1-10(2)7-12(9-16(4)5)15-14(20)17(6)8-11(3)13(18)19/h10-12H,7-9H2,1-6H3,(H,15,20)(H,18,19). The molecule has 2 N–H and O–H groups in total. The van der Waals surface area contributed by atoms with Crippen LogP contribution in [0.4, 0.5) is 4.79 Å². The van der Waals surface area contributed by atoms with Gasteiger partial charge in [-0.25, -0.2) is 4.79 Å². The maximum atomic E-state index is 12.1. The second-order valence-electron chi connectivity index (χ2n) is 6.16. The van der Waals surface area contributed by atoms with Gasteiger partial charge < -0.3 is 20.2 Å². The molecule has 0 saturated carbocycles. The number of carboxylic acid groups (broad SMARTS) is 1. The Balaban J connectivity index is 4.46. The first kappa shape index (κ1) is 18.7. The third kappa shape index (κ3) is 7.99. The van der Waals surface area contributed by atoms with Gasteiger partial charge in [-0.2, -0.15) is 0 Å². The van der Waals surface area contributed by atoms with Gasteiger partial charge in [0.1, 0.15) is 0 Å². The highest BCUT2D eigenvalue weighted by molar-refractivity contribution is 5.76. The van der Waals surface area contributed by atoms with Crippen LogP contribution in [-0.2, 0) is 4.79 Å². The van der Waals surface area contributed by atoms with Crippen molar-refractivity contribution in [1.29, 1.82) is 0 Å². The van der Waals surface area contributed by atoms with Crippen molar-refractivity contribution in [3.05, 3.63) is 0 Å². The number of nitrogens with zero attached hydrogens (tertiary/aromatic N) is 2. The molecule has 0 fully saturated rings. The molecule has 0 aliphatic carbocycles. The van der Waals surface area contributed by atoms with Crippen molar-refractivity contribution in [3.8, 4) is 0 Å². The molecule has 2 atom stereocenters. The zero-order valence-corrected chi connectivity index (χ0v) is 13.5. The van der Waals surface area contributed by atoms with Crippen molar-refractivity contribution in [1.82, 2.24) is 15.1 Å². The Morgan fingerprint density at radius 1 is 1.10 bits per heavy atom. The molecule has 6 nitrogen and oxygen atoms in total. The number of carbonyl (C=O) groups is 2. The number of hydrogen-bond donors (Lipinski definition) is 2. The number of nitrogens with one attached hydrogen (secondary N) is 1. The number of hydrogen-bond acceptors (Lipinski definition) is 3. The number of carbonyl (C=O) groups excluding carboxylic acids is 1. The highest BCUT2D eigenvalue weighted by Gasteiger charge is 2.20. The predicted molar refractivity (Wildman–Crippen MR) is 79.8 cm³/mol. The van der Waals surface area contributed by atoms with E-state index in [4.69, 9.17) is 5.11 Å². The second kappa shape index (κ2) is 8.79. The van der Waals surface area contributed by atoms with Crippen LogP contribution in [0.3, 0.4) is 0 Å². The lowest BCUT2D eigenvalue weighted by molar-refractivity contribution is -0.141. The van der Waals surface area contributed by atoms with E-state index in [1.54, 1.807) is 14.0 Å². The third-order valence-corrected chi connectivity index (χ3v) is 2.99. The van der Waals surface area contributed by atoms with Crippen molar-refractivity contribution < 1.29 is 14.7 Å². The van der Waals surface area contributed by atoms with E-state index in [1.165, 1.54) is 4.90 Å². The Bertz CT molecular complexity index is 309. The number of likely N-dealkylation sites (N-methyl/N-ethyl adjacent to an activating group) is 1. The molecule has 0 saturated heterocycles. The van der Waals surface area contributed by atoms with Gasteiger partial charge >= 0.3 is 12.0 Å². The zero-order valence-electron chi connectivity index (χ0n) is 13.5. The lowest BCUT2D eigenvalue weighted by atomic mass is 10.0. The van der Waals surface area contributed by atoms with Crippen molar-refractivity contribution in [3.63, 3.8) is 0 Å². The molecule has 118 valence electrons. The van der Waals surface area contributed by atoms with E-state index >= 15 is 0 Å². The summed E-state index contributed by atoms with van der Waals surface area (Å²) in [6, 6.07) is -0.148. The summed E-state index contributed by atoms with van der Waals surface area (Å²) in [6.07, 6.45) is 0.895. The van der Waals surface area contributed by atoms with Gasteiger partial charge in [0, 0.05) is 26.2 Å². The van der Waals surface area contributed by atoms with Gasteiger partial charge in [-0.1, -0.05) is 20.8 Å². The fourth-order valence-corrected chi connectivity index (χ4v) is 2.05. The first-order valence-corrected chi connectivity index (χ1v) is 7.02. The molecule has 0 aliphatic rings. The summed E-state index contributed by atoms with van der Waals surface area (Å²) in [7, 11) is 5.56. The summed E-state index contributed by atoms with van der Waals surface area (Å²) < 4.78 is 0. The van der Waals surface area contributed by atoms with Gasteiger partial charge in [0.05, 0.1) is 5.92 Å². The molecule has 0 aromatic heterocycles. The maximum Gasteiger partial charge on any atom is 0.317 e. The van der Waals surface area contributed by atoms with E-state index in [1.807, 2.05) is 19.0 Å². The summed E-state index contributed by atoms with van der Waals surface area (Å²) in [5, 5.41) is 11.8. The SMILES string of the molecule is CC(C)CC(CN(C)C)NC(=O)N(C)CC(C)C(=O)O. The van der Waals surface area contributed by atoms with E-state index < -0.39 is 11.9 Å². The predicted octanol–water partition coefficient (Wildman–Crippen LogP) is 1.32. The fourth-order valence-electron chi connectivity index (χ4n) is 2.05. The van der Waals surface area contributed by atoms with Crippen LogP contribution in [0.2, 0.25) is 0 Å². The highest BCUT2D eigenvalue weighted by Crippen LogP contribution is 2.07. The van der Waals surface area contributed by atoms with Crippen molar-refractivity contribution >= 4 is 12.0 Å². The quantitative estimate of drug-likeness (QED) is 0.706. The topological polar surface area (TPSA) is 72.9 Å². The lowest BCUT2D eigenvalue weighted by Crippen LogP contribution is -2.48. The number of carboxylic acids is 1. The highest BCUT2D eigenvalue weighted by atomic mass is 16.4. The monoisotopic (exact) mass is 287 g/mol. The number of rotatable bonds is 8. The van der Waals surface area contributed by atoms with E-state index in [0.29, 0.717) is 5.92 Å². The van der Waals surface area contributed by atoms with Gasteiger partial charge in [0.2, 0.25) is 0 Å². The molecule has 6 heteroatoms. The lowest BCUT2D eigenvalue weighted by Gasteiger charge is -2.27. The molecule has 0 aliphatic heterocycles. The molecule has 0 heterocycles. The van der Waals surface area contributed by atoms with E-state index in [0.717, 1.165) is 13.0 Å². The molecule has 0 rings (SSSR count). The minimum absolute atomic E-state index is 0.0695. The Morgan fingerprint density at radius 3 is 2.05 bits per heavy atom. The summed E-state index contributed by atoms with van der Waals surface area (Å²) in [6.45, 7) is 6.80. The number of amides is 2. The van der Waals surface area contributed by atoms with Crippen LogP contribution in [-0.4, -0.2) is 67.2 Å². The Morgan fingerprint density at radius 2 is 1.65 bits per heavy atom. The largest absolute Gasteiger partial charge is 0.481 e. The fraction of sp³-hybridized carbons (Fsp3) is 0.857. The first-order valence-electron chi connectivity index (χ1n) is 7.02. The molecule has 0 aromatic carbocycles. The van der Waals surface area contributed by atoms with E-state index in [2.05, 4.69) is 19.2 Å². The maximum absolute atomic E-state index is 12.1. The van der Waals surface area contributed by atoms with Crippen molar-refractivity contribution in [2.45, 2.75) is 33.2 Å². The van der Waals surface area contributed by atoms with Crippen molar-refractivity contribution in [2.75, 3.05) is 34.2 Å². The van der Waals surface area contributed by atoms with Crippen molar-refractivity contribution in [2.24, 2.45) is 11.8 Å². The van der Waals surface area contributed by atoms with Crippen LogP contribution in [0.5, 0.6) is 0 Å².